The molecule has 1 saturated heterocycles. The second-order valence-electron chi connectivity index (χ2n) is 4.30. The summed E-state index contributed by atoms with van der Waals surface area (Å²) in [6.07, 6.45) is 3.66. The van der Waals surface area contributed by atoms with Crippen molar-refractivity contribution in [2.24, 2.45) is 11.7 Å². The lowest BCUT2D eigenvalue weighted by molar-refractivity contribution is -0.197. The van der Waals surface area contributed by atoms with Crippen LogP contribution in [-0.4, -0.2) is 23.0 Å². The summed E-state index contributed by atoms with van der Waals surface area (Å²) in [7, 11) is 0. The van der Waals surface area contributed by atoms with Crippen LogP contribution in [0.15, 0.2) is 0 Å². The Kier molecular flexibility index (Phi) is 1.90. The van der Waals surface area contributed by atoms with Crippen molar-refractivity contribution in [3.63, 3.8) is 0 Å². The summed E-state index contributed by atoms with van der Waals surface area (Å²) >= 11 is 0. The van der Waals surface area contributed by atoms with E-state index in [4.69, 9.17) is 10.5 Å². The Labute approximate surface area is 72.9 Å². The lowest BCUT2D eigenvalue weighted by Crippen LogP contribution is -2.46. The van der Waals surface area contributed by atoms with Crippen molar-refractivity contribution in [3.05, 3.63) is 0 Å². The highest BCUT2D eigenvalue weighted by molar-refractivity contribution is 5.06. The van der Waals surface area contributed by atoms with Crippen LogP contribution in [0.4, 0.5) is 0 Å². The van der Waals surface area contributed by atoms with Crippen LogP contribution in [0.3, 0.4) is 0 Å². The third kappa shape index (κ3) is 1.37. The van der Waals surface area contributed by atoms with Crippen LogP contribution in [0.5, 0.6) is 0 Å². The maximum Gasteiger partial charge on any atom is 0.157 e. The summed E-state index contributed by atoms with van der Waals surface area (Å²) in [6, 6.07) is 0. The molecular formula is C9H17NO2. The molecule has 2 aliphatic rings. The van der Waals surface area contributed by atoms with E-state index >= 15 is 0 Å². The topological polar surface area (TPSA) is 55.5 Å². The van der Waals surface area contributed by atoms with Crippen molar-refractivity contribution in [2.75, 3.05) is 0 Å². The first-order valence-corrected chi connectivity index (χ1v) is 4.74. The van der Waals surface area contributed by atoms with Gasteiger partial charge in [-0.25, -0.2) is 0 Å². The van der Waals surface area contributed by atoms with Crippen LogP contribution in [-0.2, 0) is 4.74 Å². The molecule has 0 aromatic carbocycles. The van der Waals surface area contributed by atoms with Crippen molar-refractivity contribution in [2.45, 2.75) is 50.5 Å². The SMILES string of the molecule is CC1CCC(C2(N)CC2)OC1O. The van der Waals surface area contributed by atoms with E-state index < -0.39 is 6.29 Å². The highest BCUT2D eigenvalue weighted by Crippen LogP contribution is 2.42. The quantitative estimate of drug-likeness (QED) is 0.608. The maximum absolute atomic E-state index is 9.46. The van der Waals surface area contributed by atoms with E-state index in [1.54, 1.807) is 0 Å². The second kappa shape index (κ2) is 2.69. The van der Waals surface area contributed by atoms with Gasteiger partial charge >= 0.3 is 0 Å². The lowest BCUT2D eigenvalue weighted by Gasteiger charge is -2.34. The van der Waals surface area contributed by atoms with Crippen molar-refractivity contribution in [1.82, 2.24) is 0 Å². The van der Waals surface area contributed by atoms with Crippen LogP contribution >= 0.6 is 0 Å². The van der Waals surface area contributed by atoms with Gasteiger partial charge in [-0.15, -0.1) is 0 Å². The monoisotopic (exact) mass is 171 g/mol. The molecule has 1 aliphatic carbocycles. The Bertz CT molecular complexity index is 179. The fraction of sp³-hybridized carbons (Fsp3) is 1.00. The Hall–Kier alpha value is -0.120. The summed E-state index contributed by atoms with van der Waals surface area (Å²) in [5.41, 5.74) is 5.90. The number of ether oxygens (including phenoxy) is 1. The van der Waals surface area contributed by atoms with Gasteiger partial charge in [-0.3, -0.25) is 0 Å². The molecule has 3 heteroatoms. The first-order valence-electron chi connectivity index (χ1n) is 4.74. The van der Waals surface area contributed by atoms with Gasteiger partial charge in [0.2, 0.25) is 0 Å². The van der Waals surface area contributed by atoms with Gasteiger partial charge in [0.15, 0.2) is 6.29 Å². The van der Waals surface area contributed by atoms with E-state index in [1.807, 2.05) is 6.92 Å². The standard InChI is InChI=1S/C9H17NO2/c1-6-2-3-7(12-8(6)11)9(10)4-5-9/h6-8,11H,2-5,10H2,1H3. The van der Waals surface area contributed by atoms with Gasteiger partial charge in [0.1, 0.15) is 0 Å². The van der Waals surface area contributed by atoms with Crippen molar-refractivity contribution in [3.8, 4) is 0 Å². The van der Waals surface area contributed by atoms with Gasteiger partial charge in [-0.1, -0.05) is 6.92 Å². The molecule has 0 aromatic rings. The number of aliphatic hydroxyl groups is 1. The number of hydrogen-bond donors (Lipinski definition) is 2. The molecule has 70 valence electrons. The van der Waals surface area contributed by atoms with Crippen LogP contribution in [0, 0.1) is 5.92 Å². The summed E-state index contributed by atoms with van der Waals surface area (Å²) in [4.78, 5) is 0. The minimum absolute atomic E-state index is 0.0961. The van der Waals surface area contributed by atoms with Gasteiger partial charge in [0.25, 0.3) is 0 Å². The Morgan fingerprint density at radius 3 is 2.58 bits per heavy atom. The van der Waals surface area contributed by atoms with E-state index in [1.165, 1.54) is 0 Å². The molecule has 0 bridgehead atoms. The molecule has 3 nitrogen and oxygen atoms in total. The Morgan fingerprint density at radius 1 is 1.42 bits per heavy atom. The largest absolute Gasteiger partial charge is 0.368 e. The van der Waals surface area contributed by atoms with E-state index in [9.17, 15) is 5.11 Å². The third-order valence-electron chi connectivity index (χ3n) is 3.14. The predicted octanol–water partition coefficient (Wildman–Crippen LogP) is 0.611. The van der Waals surface area contributed by atoms with Crippen LogP contribution < -0.4 is 5.73 Å². The zero-order valence-electron chi connectivity index (χ0n) is 7.49. The van der Waals surface area contributed by atoms with Crippen LogP contribution in [0.2, 0.25) is 0 Å². The molecule has 0 radical (unpaired) electrons. The van der Waals surface area contributed by atoms with Crippen molar-refractivity contribution >= 4 is 0 Å². The van der Waals surface area contributed by atoms with Crippen LogP contribution in [0.25, 0.3) is 0 Å². The highest BCUT2D eigenvalue weighted by atomic mass is 16.6. The van der Waals surface area contributed by atoms with Crippen molar-refractivity contribution in [1.29, 1.82) is 0 Å². The molecule has 2 rings (SSSR count). The summed E-state index contributed by atoms with van der Waals surface area (Å²) in [5.74, 6) is 0.267. The minimum Gasteiger partial charge on any atom is -0.368 e. The molecule has 1 saturated carbocycles. The highest BCUT2D eigenvalue weighted by Gasteiger charge is 2.48. The lowest BCUT2D eigenvalue weighted by atomic mass is 9.94. The van der Waals surface area contributed by atoms with Gasteiger partial charge in [-0.05, 0) is 25.7 Å². The average molecular weight is 171 g/mol. The number of rotatable bonds is 1. The van der Waals surface area contributed by atoms with E-state index in [2.05, 4.69) is 0 Å². The molecule has 0 aromatic heterocycles. The summed E-state index contributed by atoms with van der Waals surface area (Å²) in [6.45, 7) is 2.01. The van der Waals surface area contributed by atoms with E-state index in [0.29, 0.717) is 0 Å². The van der Waals surface area contributed by atoms with E-state index in [-0.39, 0.29) is 17.6 Å². The zero-order chi connectivity index (χ0) is 8.77. The molecule has 1 aliphatic heterocycles. The van der Waals surface area contributed by atoms with Gasteiger partial charge in [0, 0.05) is 11.5 Å². The first kappa shape index (κ1) is 8.48. The summed E-state index contributed by atoms with van der Waals surface area (Å²) < 4.78 is 5.46. The van der Waals surface area contributed by atoms with Crippen molar-refractivity contribution < 1.29 is 9.84 Å². The molecule has 3 atom stereocenters. The smallest absolute Gasteiger partial charge is 0.157 e. The molecule has 12 heavy (non-hydrogen) atoms. The van der Waals surface area contributed by atoms with Gasteiger partial charge < -0.3 is 15.6 Å². The maximum atomic E-state index is 9.46. The molecule has 3 N–H and O–H groups in total. The third-order valence-corrected chi connectivity index (χ3v) is 3.14. The minimum atomic E-state index is -0.593. The fourth-order valence-electron chi connectivity index (χ4n) is 1.82. The molecule has 3 unspecified atom stereocenters. The normalized spacial score (nSPS) is 45.8. The number of nitrogens with two attached hydrogens (primary N) is 1. The first-order chi connectivity index (χ1) is 5.62. The number of aliphatic hydroxyl groups excluding tert-OH is 1. The molecule has 1 heterocycles. The molecule has 0 spiro atoms. The average Bonchev–Trinajstić information content (AvgIpc) is 2.75. The van der Waals surface area contributed by atoms with Crippen LogP contribution in [0.1, 0.15) is 32.6 Å². The second-order valence-corrected chi connectivity index (χ2v) is 4.30. The Morgan fingerprint density at radius 2 is 2.08 bits per heavy atom. The van der Waals surface area contributed by atoms with E-state index in [0.717, 1.165) is 25.7 Å². The Balaban J connectivity index is 1.94. The fourth-order valence-corrected chi connectivity index (χ4v) is 1.82. The molecular weight excluding hydrogens is 154 g/mol. The summed E-state index contributed by atoms with van der Waals surface area (Å²) in [5, 5.41) is 9.46. The molecule has 2 fully saturated rings. The van der Waals surface area contributed by atoms with Gasteiger partial charge in [0.05, 0.1) is 6.10 Å². The van der Waals surface area contributed by atoms with Gasteiger partial charge in [-0.2, -0.15) is 0 Å². The molecule has 0 amide bonds. The zero-order valence-corrected chi connectivity index (χ0v) is 7.49. The number of hydrogen-bond acceptors (Lipinski definition) is 3. The predicted molar refractivity (Wildman–Crippen MR) is 45.4 cm³/mol.